The van der Waals surface area contributed by atoms with Crippen molar-refractivity contribution in [3.63, 3.8) is 0 Å². The zero-order valence-electron chi connectivity index (χ0n) is 16.9. The predicted molar refractivity (Wildman–Crippen MR) is 106 cm³/mol. The number of fused-ring (bicyclic) bond motifs is 4. The molecule has 5 rings (SSSR count). The highest BCUT2D eigenvalue weighted by Crippen LogP contribution is 2.53. The van der Waals surface area contributed by atoms with Crippen molar-refractivity contribution >= 4 is 11.9 Å². The van der Waals surface area contributed by atoms with Gasteiger partial charge in [-0.15, -0.1) is 0 Å². The van der Waals surface area contributed by atoms with Gasteiger partial charge in [0.25, 0.3) is 5.91 Å². The molecule has 1 spiro atoms. The standard InChI is InChI=1S/C22H30N4O2/c1-15(2)19-23-21-25(20(27)18-11-8-14-28-18)17-10-5-4-9-16(17)22(26(21)24-19)12-6-3-7-13-22/h8,11,14-17H,3-7,9-10,12-13H2,1-2H3. The lowest BCUT2D eigenvalue weighted by atomic mass is 9.64. The third-order valence-corrected chi connectivity index (χ3v) is 7.18. The smallest absolute Gasteiger partial charge is 0.296 e. The van der Waals surface area contributed by atoms with E-state index in [0.29, 0.717) is 11.7 Å². The van der Waals surface area contributed by atoms with E-state index in [4.69, 9.17) is 14.5 Å². The Kier molecular flexibility index (Phi) is 4.33. The lowest BCUT2D eigenvalue weighted by Gasteiger charge is -2.55. The van der Waals surface area contributed by atoms with Crippen molar-refractivity contribution in [2.45, 2.75) is 89.1 Å². The molecule has 1 amide bonds. The van der Waals surface area contributed by atoms with E-state index in [1.165, 1.54) is 38.5 Å². The molecule has 2 fully saturated rings. The van der Waals surface area contributed by atoms with Crippen molar-refractivity contribution in [2.24, 2.45) is 5.92 Å². The third-order valence-electron chi connectivity index (χ3n) is 7.18. The van der Waals surface area contributed by atoms with Crippen molar-refractivity contribution in [2.75, 3.05) is 4.90 Å². The number of furan rings is 1. The number of nitrogens with zero attached hydrogens (tertiary/aromatic N) is 4. The van der Waals surface area contributed by atoms with Crippen LogP contribution in [0, 0.1) is 5.92 Å². The van der Waals surface area contributed by atoms with Crippen molar-refractivity contribution in [3.05, 3.63) is 30.0 Å². The molecule has 2 aromatic heterocycles. The third kappa shape index (κ3) is 2.56. The Morgan fingerprint density at radius 3 is 2.68 bits per heavy atom. The van der Waals surface area contributed by atoms with Crippen LogP contribution in [0.5, 0.6) is 0 Å². The lowest BCUT2D eigenvalue weighted by molar-refractivity contribution is 0.0305. The van der Waals surface area contributed by atoms with Crippen LogP contribution in [-0.2, 0) is 5.54 Å². The number of anilines is 1. The van der Waals surface area contributed by atoms with Gasteiger partial charge in [0.15, 0.2) is 11.6 Å². The van der Waals surface area contributed by atoms with Crippen LogP contribution >= 0.6 is 0 Å². The summed E-state index contributed by atoms with van der Waals surface area (Å²) in [7, 11) is 0. The first kappa shape index (κ1) is 18.0. The Bertz CT molecular complexity index is 848. The highest BCUT2D eigenvalue weighted by atomic mass is 16.3. The van der Waals surface area contributed by atoms with Gasteiger partial charge in [0.1, 0.15) is 0 Å². The van der Waals surface area contributed by atoms with Crippen molar-refractivity contribution in [1.29, 1.82) is 0 Å². The minimum Gasteiger partial charge on any atom is -0.459 e. The first-order valence-electron chi connectivity index (χ1n) is 11.0. The van der Waals surface area contributed by atoms with Crippen LogP contribution < -0.4 is 4.90 Å². The summed E-state index contributed by atoms with van der Waals surface area (Å²) in [6, 6.07) is 3.73. The first-order valence-corrected chi connectivity index (χ1v) is 11.0. The maximum absolute atomic E-state index is 13.5. The Morgan fingerprint density at radius 1 is 1.18 bits per heavy atom. The lowest BCUT2D eigenvalue weighted by Crippen LogP contribution is -2.61. The molecule has 3 heterocycles. The molecule has 6 heteroatoms. The molecule has 3 aliphatic rings. The van der Waals surface area contributed by atoms with Crippen molar-refractivity contribution in [1.82, 2.24) is 14.8 Å². The van der Waals surface area contributed by atoms with Gasteiger partial charge in [-0.05, 0) is 37.8 Å². The summed E-state index contributed by atoms with van der Waals surface area (Å²) in [4.78, 5) is 20.3. The molecule has 1 aliphatic heterocycles. The maximum atomic E-state index is 13.5. The molecule has 0 aromatic carbocycles. The molecule has 0 saturated heterocycles. The fourth-order valence-corrected chi connectivity index (χ4v) is 5.88. The average molecular weight is 383 g/mol. The van der Waals surface area contributed by atoms with E-state index in [2.05, 4.69) is 18.5 Å². The molecule has 0 bridgehead atoms. The number of hydrogen-bond acceptors (Lipinski definition) is 4. The molecule has 6 nitrogen and oxygen atoms in total. The molecular weight excluding hydrogens is 352 g/mol. The summed E-state index contributed by atoms with van der Waals surface area (Å²) in [6.45, 7) is 4.25. The SMILES string of the molecule is CC(C)c1nc2n(n1)C1(CCCCC1)C1CCCCC1N2C(=O)c1ccco1. The highest BCUT2D eigenvalue weighted by Gasteiger charge is 2.55. The second-order valence-corrected chi connectivity index (χ2v) is 9.11. The fourth-order valence-electron chi connectivity index (χ4n) is 5.88. The second-order valence-electron chi connectivity index (χ2n) is 9.11. The maximum Gasteiger partial charge on any atom is 0.296 e. The number of amides is 1. The molecule has 2 aromatic rings. The molecule has 150 valence electrons. The monoisotopic (exact) mass is 382 g/mol. The molecule has 0 N–H and O–H groups in total. The quantitative estimate of drug-likeness (QED) is 0.743. The fraction of sp³-hybridized carbons (Fsp3) is 0.682. The van der Waals surface area contributed by atoms with E-state index in [0.717, 1.165) is 31.0 Å². The Balaban J connectivity index is 1.69. The highest BCUT2D eigenvalue weighted by molar-refractivity contribution is 6.04. The van der Waals surface area contributed by atoms with Gasteiger partial charge in [0.2, 0.25) is 5.95 Å². The van der Waals surface area contributed by atoms with Gasteiger partial charge >= 0.3 is 0 Å². The van der Waals surface area contributed by atoms with Crippen LogP contribution in [0.2, 0.25) is 0 Å². The minimum atomic E-state index is -0.0727. The topological polar surface area (TPSA) is 64.2 Å². The molecule has 2 atom stereocenters. The first-order chi connectivity index (χ1) is 13.6. The van der Waals surface area contributed by atoms with Crippen molar-refractivity contribution in [3.8, 4) is 0 Å². The Hall–Kier alpha value is -2.11. The predicted octanol–water partition coefficient (Wildman–Crippen LogP) is 4.87. The van der Waals surface area contributed by atoms with Gasteiger partial charge in [-0.2, -0.15) is 10.1 Å². The number of carbonyl (C=O) groups is 1. The van der Waals surface area contributed by atoms with E-state index in [-0.39, 0.29) is 23.4 Å². The molecule has 2 unspecified atom stereocenters. The van der Waals surface area contributed by atoms with Gasteiger partial charge in [-0.1, -0.05) is 46.0 Å². The summed E-state index contributed by atoms with van der Waals surface area (Å²) >= 11 is 0. The van der Waals surface area contributed by atoms with Crippen LogP contribution in [0.4, 0.5) is 5.95 Å². The van der Waals surface area contributed by atoms with E-state index in [9.17, 15) is 4.79 Å². The number of rotatable bonds is 2. The van der Waals surface area contributed by atoms with Gasteiger partial charge in [-0.3, -0.25) is 9.69 Å². The zero-order chi connectivity index (χ0) is 19.3. The minimum absolute atomic E-state index is 0.0265. The summed E-state index contributed by atoms with van der Waals surface area (Å²) < 4.78 is 7.66. The second kappa shape index (κ2) is 6.75. The molecule has 0 radical (unpaired) electrons. The van der Waals surface area contributed by atoms with Crippen LogP contribution in [0.1, 0.15) is 93.9 Å². The average Bonchev–Trinajstić information content (AvgIpc) is 3.40. The van der Waals surface area contributed by atoms with Crippen LogP contribution in [-0.4, -0.2) is 26.7 Å². The number of hydrogen-bond donors (Lipinski definition) is 0. The van der Waals surface area contributed by atoms with Crippen molar-refractivity contribution < 1.29 is 9.21 Å². The largest absolute Gasteiger partial charge is 0.459 e. The number of carbonyl (C=O) groups excluding carboxylic acids is 1. The molecular formula is C22H30N4O2. The summed E-state index contributed by atoms with van der Waals surface area (Å²) in [5, 5.41) is 5.01. The van der Waals surface area contributed by atoms with E-state index in [1.54, 1.807) is 18.4 Å². The van der Waals surface area contributed by atoms with Gasteiger partial charge in [-0.25, -0.2) is 4.68 Å². The van der Waals surface area contributed by atoms with Gasteiger partial charge < -0.3 is 4.42 Å². The Morgan fingerprint density at radius 2 is 1.96 bits per heavy atom. The van der Waals surface area contributed by atoms with E-state index in [1.807, 2.05) is 4.90 Å². The van der Waals surface area contributed by atoms with Gasteiger partial charge in [0, 0.05) is 17.9 Å². The van der Waals surface area contributed by atoms with Crippen LogP contribution in [0.3, 0.4) is 0 Å². The molecule has 2 aliphatic carbocycles. The zero-order valence-corrected chi connectivity index (χ0v) is 16.9. The van der Waals surface area contributed by atoms with Crippen LogP contribution in [0.15, 0.2) is 22.8 Å². The summed E-state index contributed by atoms with van der Waals surface area (Å²) in [6.07, 6.45) is 12.3. The molecule has 28 heavy (non-hydrogen) atoms. The normalized spacial score (nSPS) is 26.3. The summed E-state index contributed by atoms with van der Waals surface area (Å²) in [5.74, 6) is 2.60. The van der Waals surface area contributed by atoms with E-state index < -0.39 is 0 Å². The summed E-state index contributed by atoms with van der Waals surface area (Å²) in [5.41, 5.74) is 0.0265. The number of aromatic nitrogens is 3. The molecule has 2 saturated carbocycles. The Labute approximate surface area is 166 Å². The van der Waals surface area contributed by atoms with Crippen LogP contribution in [0.25, 0.3) is 0 Å². The van der Waals surface area contributed by atoms with E-state index >= 15 is 0 Å². The van der Waals surface area contributed by atoms with Gasteiger partial charge in [0.05, 0.1) is 11.8 Å².